The van der Waals surface area contributed by atoms with Gasteiger partial charge in [0.25, 0.3) is 11.8 Å². The molecule has 2 heterocycles. The van der Waals surface area contributed by atoms with Gasteiger partial charge in [0.05, 0.1) is 0 Å². The molecule has 0 unspecified atom stereocenters. The Morgan fingerprint density at radius 3 is 1.38 bits per heavy atom. The van der Waals surface area contributed by atoms with Crippen LogP contribution in [0.5, 0.6) is 0 Å². The summed E-state index contributed by atoms with van der Waals surface area (Å²) in [6.45, 7) is 3.35. The first kappa shape index (κ1) is 17.0. The molecule has 2 aliphatic heterocycles. The Labute approximate surface area is 144 Å². The fraction of sp³-hybridized carbons (Fsp3) is 0.600. The fourth-order valence-corrected chi connectivity index (χ4v) is 3.70. The van der Waals surface area contributed by atoms with Crippen molar-refractivity contribution in [1.29, 1.82) is 0 Å². The van der Waals surface area contributed by atoms with Crippen LogP contribution in [0.2, 0.25) is 0 Å². The maximum atomic E-state index is 12.8. The normalized spacial score (nSPS) is 19.5. The molecular weight excluding hydrogens is 300 g/mol. The molecule has 1 aromatic rings. The summed E-state index contributed by atoms with van der Waals surface area (Å²) < 4.78 is 0. The molecule has 0 aromatic heterocycles. The number of hydrogen-bond acceptors (Lipinski definition) is 2. The molecule has 3 rings (SSSR count). The molecule has 0 spiro atoms. The zero-order valence-electron chi connectivity index (χ0n) is 14.5. The highest BCUT2D eigenvalue weighted by Gasteiger charge is 2.21. The lowest BCUT2D eigenvalue weighted by atomic mass is 10.1. The third-order valence-corrected chi connectivity index (χ3v) is 5.14. The summed E-state index contributed by atoms with van der Waals surface area (Å²) >= 11 is 0. The average Bonchev–Trinajstić information content (AvgIpc) is 3.05. The maximum Gasteiger partial charge on any atom is 0.253 e. The molecule has 4 nitrogen and oxygen atoms in total. The van der Waals surface area contributed by atoms with Crippen LogP contribution in [0.3, 0.4) is 0 Å². The second-order valence-corrected chi connectivity index (χ2v) is 6.99. The van der Waals surface area contributed by atoms with Crippen LogP contribution in [0.25, 0.3) is 0 Å². The van der Waals surface area contributed by atoms with Gasteiger partial charge < -0.3 is 9.80 Å². The average molecular weight is 328 g/mol. The Hall–Kier alpha value is -1.84. The van der Waals surface area contributed by atoms with Gasteiger partial charge in [-0.15, -0.1) is 0 Å². The first-order valence-electron chi connectivity index (χ1n) is 9.44. The van der Waals surface area contributed by atoms with Crippen LogP contribution in [0.4, 0.5) is 0 Å². The number of nitrogens with zero attached hydrogens (tertiary/aromatic N) is 2. The summed E-state index contributed by atoms with van der Waals surface area (Å²) in [6, 6.07) is 7.31. The number of benzene rings is 1. The van der Waals surface area contributed by atoms with E-state index in [0.717, 1.165) is 51.9 Å². The van der Waals surface area contributed by atoms with Crippen molar-refractivity contribution in [1.82, 2.24) is 9.80 Å². The number of carbonyl (C=O) groups is 2. The minimum absolute atomic E-state index is 0.0717. The zero-order chi connectivity index (χ0) is 16.8. The first-order chi connectivity index (χ1) is 11.8. The van der Waals surface area contributed by atoms with Gasteiger partial charge in [0, 0.05) is 37.3 Å². The Morgan fingerprint density at radius 1 is 0.625 bits per heavy atom. The Balaban J connectivity index is 1.73. The van der Waals surface area contributed by atoms with Crippen molar-refractivity contribution in [2.75, 3.05) is 26.2 Å². The van der Waals surface area contributed by atoms with Gasteiger partial charge in [0.2, 0.25) is 0 Å². The van der Waals surface area contributed by atoms with Crippen molar-refractivity contribution in [2.45, 2.75) is 51.4 Å². The number of amides is 2. The molecule has 0 saturated carbocycles. The monoisotopic (exact) mass is 328 g/mol. The third kappa shape index (κ3) is 4.16. The molecule has 0 bridgehead atoms. The summed E-state index contributed by atoms with van der Waals surface area (Å²) in [4.78, 5) is 29.4. The topological polar surface area (TPSA) is 40.6 Å². The minimum atomic E-state index is 0.0717. The van der Waals surface area contributed by atoms with E-state index in [9.17, 15) is 9.59 Å². The second kappa shape index (κ2) is 8.32. The fourth-order valence-electron chi connectivity index (χ4n) is 3.70. The smallest absolute Gasteiger partial charge is 0.253 e. The molecule has 24 heavy (non-hydrogen) atoms. The number of rotatable bonds is 2. The number of carbonyl (C=O) groups excluding carboxylic acids is 2. The summed E-state index contributed by atoms with van der Waals surface area (Å²) in [5.74, 6) is 0.143. The van der Waals surface area contributed by atoms with Crippen molar-refractivity contribution in [3.63, 3.8) is 0 Å². The third-order valence-electron chi connectivity index (χ3n) is 5.14. The summed E-state index contributed by atoms with van der Waals surface area (Å²) in [7, 11) is 0. The second-order valence-electron chi connectivity index (χ2n) is 6.99. The van der Waals surface area contributed by atoms with Gasteiger partial charge in [0.1, 0.15) is 0 Å². The van der Waals surface area contributed by atoms with Crippen LogP contribution in [-0.2, 0) is 0 Å². The Kier molecular flexibility index (Phi) is 5.89. The minimum Gasteiger partial charge on any atom is -0.339 e. The van der Waals surface area contributed by atoms with E-state index >= 15 is 0 Å². The standard InChI is InChI=1S/C20H28N2O2/c23-19(21-12-5-1-2-6-13-21)17-10-9-11-18(16-17)20(24)22-14-7-3-4-8-15-22/h9-11,16H,1-8,12-15H2. The predicted octanol–water partition coefficient (Wildman–Crippen LogP) is 3.72. The van der Waals surface area contributed by atoms with Crippen molar-refractivity contribution >= 4 is 11.8 Å². The molecule has 2 fully saturated rings. The molecule has 2 amide bonds. The van der Waals surface area contributed by atoms with Gasteiger partial charge in [-0.2, -0.15) is 0 Å². The van der Waals surface area contributed by atoms with Gasteiger partial charge >= 0.3 is 0 Å². The zero-order valence-corrected chi connectivity index (χ0v) is 14.5. The van der Waals surface area contributed by atoms with E-state index in [0.29, 0.717) is 11.1 Å². The van der Waals surface area contributed by atoms with E-state index in [4.69, 9.17) is 0 Å². The predicted molar refractivity (Wildman–Crippen MR) is 95.2 cm³/mol. The molecular formula is C20H28N2O2. The lowest BCUT2D eigenvalue weighted by Crippen LogP contribution is -2.33. The van der Waals surface area contributed by atoms with Crippen molar-refractivity contribution in [3.8, 4) is 0 Å². The highest BCUT2D eigenvalue weighted by molar-refractivity contribution is 5.99. The maximum absolute atomic E-state index is 12.8. The summed E-state index contributed by atoms with van der Waals surface area (Å²) in [5.41, 5.74) is 1.30. The van der Waals surface area contributed by atoms with Gasteiger partial charge in [-0.3, -0.25) is 9.59 Å². The van der Waals surface area contributed by atoms with Gasteiger partial charge in [0.15, 0.2) is 0 Å². The van der Waals surface area contributed by atoms with E-state index in [2.05, 4.69) is 0 Å². The molecule has 0 N–H and O–H groups in total. The van der Waals surface area contributed by atoms with Crippen LogP contribution in [-0.4, -0.2) is 47.8 Å². The van der Waals surface area contributed by atoms with Gasteiger partial charge in [-0.1, -0.05) is 31.7 Å². The number of likely N-dealkylation sites (tertiary alicyclic amines) is 2. The summed E-state index contributed by atoms with van der Waals surface area (Å²) in [6.07, 6.45) is 9.15. The Morgan fingerprint density at radius 2 is 1.00 bits per heavy atom. The molecule has 2 saturated heterocycles. The highest BCUT2D eigenvalue weighted by Crippen LogP contribution is 2.17. The van der Waals surface area contributed by atoms with Crippen molar-refractivity contribution < 1.29 is 9.59 Å². The van der Waals surface area contributed by atoms with E-state index < -0.39 is 0 Å². The van der Waals surface area contributed by atoms with E-state index in [1.807, 2.05) is 28.0 Å². The van der Waals surface area contributed by atoms with Crippen LogP contribution in [0, 0.1) is 0 Å². The largest absolute Gasteiger partial charge is 0.339 e. The molecule has 0 aliphatic carbocycles. The molecule has 2 aliphatic rings. The molecule has 130 valence electrons. The molecule has 0 atom stereocenters. The lowest BCUT2D eigenvalue weighted by Gasteiger charge is -2.22. The van der Waals surface area contributed by atoms with Crippen LogP contribution >= 0.6 is 0 Å². The molecule has 1 aromatic carbocycles. The van der Waals surface area contributed by atoms with Crippen LogP contribution in [0.1, 0.15) is 72.1 Å². The van der Waals surface area contributed by atoms with Crippen LogP contribution < -0.4 is 0 Å². The molecule has 4 heteroatoms. The lowest BCUT2D eigenvalue weighted by molar-refractivity contribution is 0.0760. The SMILES string of the molecule is O=C(c1cccc(C(=O)N2CCCCCC2)c1)N1CCCCCC1. The van der Waals surface area contributed by atoms with E-state index in [1.165, 1.54) is 25.7 Å². The quantitative estimate of drug-likeness (QED) is 0.830. The number of hydrogen-bond donors (Lipinski definition) is 0. The highest BCUT2D eigenvalue weighted by atomic mass is 16.2. The van der Waals surface area contributed by atoms with Crippen molar-refractivity contribution in [3.05, 3.63) is 35.4 Å². The molecule has 0 radical (unpaired) electrons. The van der Waals surface area contributed by atoms with Gasteiger partial charge in [-0.05, 0) is 43.9 Å². The summed E-state index contributed by atoms with van der Waals surface area (Å²) in [5, 5.41) is 0. The van der Waals surface area contributed by atoms with E-state index in [1.54, 1.807) is 6.07 Å². The van der Waals surface area contributed by atoms with Gasteiger partial charge in [-0.25, -0.2) is 0 Å². The van der Waals surface area contributed by atoms with E-state index in [-0.39, 0.29) is 11.8 Å². The first-order valence-corrected chi connectivity index (χ1v) is 9.44. The van der Waals surface area contributed by atoms with Crippen molar-refractivity contribution in [2.24, 2.45) is 0 Å². The Bertz CT molecular complexity index is 522. The van der Waals surface area contributed by atoms with Crippen LogP contribution in [0.15, 0.2) is 24.3 Å².